The van der Waals surface area contributed by atoms with Crippen molar-refractivity contribution < 1.29 is 18.9 Å². The van der Waals surface area contributed by atoms with Gasteiger partial charge < -0.3 is 6.92 Å². The molecule has 0 spiro atoms. The van der Waals surface area contributed by atoms with Crippen LogP contribution in [0.1, 0.15) is 20.8 Å². The molecule has 0 aromatic heterocycles. The normalized spacial score (nSPS) is 11.8. The molecule has 0 amide bonds. The van der Waals surface area contributed by atoms with E-state index in [1.54, 1.807) is 0 Å². The predicted molar refractivity (Wildman–Crippen MR) is 87.8 cm³/mol. The second-order valence-electron chi connectivity index (χ2n) is 6.14. The molecule has 2 aromatic carbocycles. The van der Waals surface area contributed by atoms with Crippen molar-refractivity contribution in [1.29, 1.82) is 0 Å². The molecule has 0 saturated heterocycles. The van der Waals surface area contributed by atoms with Gasteiger partial charge in [0.2, 0.25) is 0 Å². The van der Waals surface area contributed by atoms with E-state index in [1.165, 1.54) is 10.4 Å². The minimum Gasteiger partial charge on any atom is -0.345 e. The van der Waals surface area contributed by atoms with Crippen LogP contribution in [0, 0.1) is 6.92 Å². The Kier molecular flexibility index (Phi) is 5.89. The zero-order valence-corrected chi connectivity index (χ0v) is 14.2. The number of rotatable bonds is 3. The van der Waals surface area contributed by atoms with Gasteiger partial charge in [-0.25, -0.2) is 0 Å². The minimum atomic E-state index is -1.83. The first kappa shape index (κ1) is 17.3. The molecule has 100 valence electrons. The van der Waals surface area contributed by atoms with E-state index in [4.69, 9.17) is 0 Å². The van der Waals surface area contributed by atoms with Crippen LogP contribution in [0.5, 0.6) is 0 Å². The Morgan fingerprint density at radius 1 is 0.800 bits per heavy atom. The van der Waals surface area contributed by atoms with E-state index < -0.39 is 8.07 Å². The summed E-state index contributed by atoms with van der Waals surface area (Å²) in [4.78, 5) is 0. The van der Waals surface area contributed by atoms with E-state index >= 15 is 0 Å². The maximum absolute atomic E-state index is 4.34. The molecule has 0 aliphatic rings. The van der Waals surface area contributed by atoms with Crippen LogP contribution in [-0.2, 0) is 0 Å². The van der Waals surface area contributed by atoms with E-state index in [0.717, 1.165) is 6.04 Å². The van der Waals surface area contributed by atoms with E-state index in [2.05, 4.69) is 88.4 Å². The summed E-state index contributed by atoms with van der Waals surface area (Å²) in [7, 11) is -1.83. The average Bonchev–Trinajstić information content (AvgIpc) is 2.41. The van der Waals surface area contributed by atoms with Crippen LogP contribution in [0.25, 0.3) is 0 Å². The van der Waals surface area contributed by atoms with Crippen molar-refractivity contribution >= 4 is 18.4 Å². The van der Waals surface area contributed by atoms with Crippen molar-refractivity contribution in [3.05, 3.63) is 67.6 Å². The van der Waals surface area contributed by atoms with Gasteiger partial charge >= 0.3 is 18.9 Å². The summed E-state index contributed by atoms with van der Waals surface area (Å²) >= 11 is 0. The van der Waals surface area contributed by atoms with Gasteiger partial charge in [0, 0.05) is 0 Å². The van der Waals surface area contributed by atoms with Gasteiger partial charge in [0.1, 0.15) is 0 Å². The Balaban J connectivity index is 0.00000200. The molecule has 0 fully saturated rings. The van der Waals surface area contributed by atoms with Crippen molar-refractivity contribution in [2.45, 2.75) is 31.9 Å². The van der Waals surface area contributed by atoms with Gasteiger partial charge in [-0.2, -0.15) is 6.04 Å². The first-order chi connectivity index (χ1) is 9.02. The van der Waals surface area contributed by atoms with E-state index in [0.29, 0.717) is 0 Å². The molecule has 0 radical (unpaired) electrons. The van der Waals surface area contributed by atoms with Gasteiger partial charge in [-0.3, -0.25) is 0 Å². The second kappa shape index (κ2) is 6.81. The molecule has 20 heavy (non-hydrogen) atoms. The third-order valence-electron chi connectivity index (χ3n) is 4.19. The van der Waals surface area contributed by atoms with Gasteiger partial charge in [0.05, 0.1) is 8.07 Å². The minimum absolute atomic E-state index is 0. The molecule has 0 unspecified atom stereocenters. The Labute approximate surface area is 136 Å². The first-order valence-electron chi connectivity index (χ1n) is 6.92. The van der Waals surface area contributed by atoms with Crippen LogP contribution < -0.4 is 29.2 Å². The summed E-state index contributed by atoms with van der Waals surface area (Å²) < 4.78 is 0. The van der Waals surface area contributed by atoms with Crippen LogP contribution >= 0.6 is 0 Å². The number of hydrogen-bond donors (Lipinski definition) is 0. The molecule has 2 aromatic rings. The van der Waals surface area contributed by atoms with Crippen LogP contribution in [0.2, 0.25) is 11.1 Å². The van der Waals surface area contributed by atoms with Crippen LogP contribution in [0.3, 0.4) is 0 Å². The molecular formula is C18H23LiSi. The molecule has 0 aliphatic heterocycles. The predicted octanol–water partition coefficient (Wildman–Crippen LogP) is 0.888. The Hall–Kier alpha value is -0.746. The Morgan fingerprint density at radius 2 is 1.15 bits per heavy atom. The van der Waals surface area contributed by atoms with Crippen molar-refractivity contribution in [2.75, 3.05) is 0 Å². The summed E-state index contributed by atoms with van der Waals surface area (Å²) in [6.45, 7) is 11.4. The van der Waals surface area contributed by atoms with Gasteiger partial charge in [-0.05, 0) is 5.04 Å². The zero-order valence-electron chi connectivity index (χ0n) is 13.2. The summed E-state index contributed by atoms with van der Waals surface area (Å²) in [6.07, 6.45) is 0. The van der Waals surface area contributed by atoms with E-state index in [1.807, 2.05) is 0 Å². The Morgan fingerprint density at radius 3 is 1.40 bits per heavy atom. The van der Waals surface area contributed by atoms with Crippen molar-refractivity contribution in [3.63, 3.8) is 0 Å². The van der Waals surface area contributed by atoms with Gasteiger partial charge in [-0.15, -0.1) is 0 Å². The molecule has 2 rings (SSSR count). The van der Waals surface area contributed by atoms with E-state index in [-0.39, 0.29) is 23.9 Å². The van der Waals surface area contributed by atoms with Crippen LogP contribution in [-0.4, -0.2) is 8.07 Å². The molecule has 2 heteroatoms. The number of benzene rings is 2. The summed E-state index contributed by atoms with van der Waals surface area (Å²) in [5, 5.41) is 3.23. The van der Waals surface area contributed by atoms with Crippen LogP contribution in [0.15, 0.2) is 60.7 Å². The SMILES string of the molecule is [CH2-]C[Si](c1ccccc1)(c1ccccc1)C(C)(C)C.[Li+]. The maximum atomic E-state index is 4.34. The fraction of sp³-hybridized carbons (Fsp3) is 0.278. The third kappa shape index (κ3) is 2.96. The maximum Gasteiger partial charge on any atom is 1.00 e. The quantitative estimate of drug-likeness (QED) is 0.576. The molecule has 0 atom stereocenters. The molecule has 0 bridgehead atoms. The molecule has 0 nitrogen and oxygen atoms in total. The molecule has 0 saturated carbocycles. The fourth-order valence-electron chi connectivity index (χ4n) is 3.14. The molecule has 0 aliphatic carbocycles. The summed E-state index contributed by atoms with van der Waals surface area (Å²) in [5.74, 6) is 0. The molecular weight excluding hydrogens is 251 g/mol. The first-order valence-corrected chi connectivity index (χ1v) is 9.13. The van der Waals surface area contributed by atoms with Gasteiger partial charge in [0.15, 0.2) is 0 Å². The largest absolute Gasteiger partial charge is 1.00 e. The second-order valence-corrected chi connectivity index (χ2v) is 11.1. The van der Waals surface area contributed by atoms with Crippen molar-refractivity contribution in [2.24, 2.45) is 0 Å². The van der Waals surface area contributed by atoms with E-state index in [9.17, 15) is 0 Å². The van der Waals surface area contributed by atoms with Crippen molar-refractivity contribution in [3.8, 4) is 0 Å². The zero-order chi connectivity index (χ0) is 13.9. The third-order valence-corrected chi connectivity index (χ3v) is 10.1. The van der Waals surface area contributed by atoms with Crippen molar-refractivity contribution in [1.82, 2.24) is 0 Å². The van der Waals surface area contributed by atoms with Gasteiger partial charge in [0.25, 0.3) is 0 Å². The van der Waals surface area contributed by atoms with Crippen LogP contribution in [0.4, 0.5) is 0 Å². The fourth-order valence-corrected chi connectivity index (χ4v) is 8.06. The molecule has 0 N–H and O–H groups in total. The summed E-state index contributed by atoms with van der Waals surface area (Å²) in [6, 6.07) is 23.0. The number of hydrogen-bond acceptors (Lipinski definition) is 0. The summed E-state index contributed by atoms with van der Waals surface area (Å²) in [5.41, 5.74) is 0. The smallest absolute Gasteiger partial charge is 0.345 e. The monoisotopic (exact) mass is 274 g/mol. The standard InChI is InChI=1S/C18H23Si.Li/c1-5-19(18(2,3)4,16-12-8-6-9-13-16)17-14-10-7-11-15-17;/h6-15H,1,5H2,2-4H3;/q-1;+1. The average molecular weight is 274 g/mol. The molecule has 0 heterocycles. The topological polar surface area (TPSA) is 0 Å². The van der Waals surface area contributed by atoms with Gasteiger partial charge in [-0.1, -0.05) is 91.8 Å². The Bertz CT molecular complexity index is 475.